The van der Waals surface area contributed by atoms with Crippen LogP contribution in [-0.2, 0) is 5.75 Å². The number of H-pyrrole nitrogens is 1. The highest BCUT2D eigenvalue weighted by Crippen LogP contribution is 2.22. The fourth-order valence-electron chi connectivity index (χ4n) is 1.83. The summed E-state index contributed by atoms with van der Waals surface area (Å²) in [6.45, 7) is 2.09. The van der Waals surface area contributed by atoms with Gasteiger partial charge in [-0.25, -0.2) is 0 Å². The summed E-state index contributed by atoms with van der Waals surface area (Å²) in [5, 5.41) is 8.68. The van der Waals surface area contributed by atoms with Gasteiger partial charge in [0.25, 0.3) is 5.56 Å². The summed E-state index contributed by atoms with van der Waals surface area (Å²) in [6, 6.07) is 8.23. The Labute approximate surface area is 113 Å². The number of hydrogen-bond acceptors (Lipinski definition) is 4. The predicted molar refractivity (Wildman–Crippen MR) is 74.3 cm³/mol. The van der Waals surface area contributed by atoms with Crippen molar-refractivity contribution in [3.8, 4) is 0 Å². The first-order valence-electron chi connectivity index (χ1n) is 5.85. The molecule has 5 nitrogen and oxygen atoms in total. The third-order valence-electron chi connectivity index (χ3n) is 2.92. The Morgan fingerprint density at radius 2 is 2.16 bits per heavy atom. The Morgan fingerprint density at radius 3 is 3.00 bits per heavy atom. The van der Waals surface area contributed by atoms with Gasteiger partial charge < -0.3 is 4.98 Å². The molecule has 1 N–H and O–H groups in total. The lowest BCUT2D eigenvalue weighted by molar-refractivity contribution is 0.914. The third-order valence-corrected chi connectivity index (χ3v) is 3.92. The lowest BCUT2D eigenvalue weighted by atomic mass is 10.1. The van der Waals surface area contributed by atoms with Crippen LogP contribution >= 0.6 is 11.8 Å². The molecule has 0 aliphatic rings. The zero-order valence-electron chi connectivity index (χ0n) is 10.3. The summed E-state index contributed by atoms with van der Waals surface area (Å²) in [5.74, 6) is 0.806. The second-order valence-corrected chi connectivity index (χ2v) is 5.12. The van der Waals surface area contributed by atoms with Crippen molar-refractivity contribution in [1.82, 2.24) is 19.6 Å². The second kappa shape index (κ2) is 4.89. The van der Waals surface area contributed by atoms with Crippen LogP contribution < -0.4 is 5.56 Å². The summed E-state index contributed by atoms with van der Waals surface area (Å²) in [5.41, 5.74) is 2.61. The fourth-order valence-corrected chi connectivity index (χ4v) is 2.82. The van der Waals surface area contributed by atoms with Crippen molar-refractivity contribution < 1.29 is 0 Å². The summed E-state index contributed by atoms with van der Waals surface area (Å²) < 4.78 is 1.71. The minimum Gasteiger partial charge on any atom is -0.324 e. The van der Waals surface area contributed by atoms with E-state index in [2.05, 4.69) is 34.2 Å². The first-order chi connectivity index (χ1) is 9.25. The maximum Gasteiger partial charge on any atom is 0.293 e. The molecule has 2 aromatic heterocycles. The first kappa shape index (κ1) is 12.0. The van der Waals surface area contributed by atoms with Gasteiger partial charge in [0, 0.05) is 18.1 Å². The van der Waals surface area contributed by atoms with Gasteiger partial charge in [0.1, 0.15) is 0 Å². The van der Waals surface area contributed by atoms with E-state index in [0.29, 0.717) is 5.65 Å². The molecular weight excluding hydrogens is 260 g/mol. The average Bonchev–Trinajstić information content (AvgIpc) is 2.83. The van der Waals surface area contributed by atoms with Crippen LogP contribution in [0.25, 0.3) is 5.65 Å². The van der Waals surface area contributed by atoms with E-state index >= 15 is 0 Å². The Morgan fingerprint density at radius 1 is 1.32 bits per heavy atom. The van der Waals surface area contributed by atoms with Crippen molar-refractivity contribution >= 4 is 17.4 Å². The van der Waals surface area contributed by atoms with E-state index in [1.807, 2.05) is 12.1 Å². The predicted octanol–water partition coefficient (Wildman–Crippen LogP) is 2.02. The average molecular weight is 272 g/mol. The number of thioether (sulfide) groups is 1. The van der Waals surface area contributed by atoms with E-state index in [0.717, 1.165) is 10.9 Å². The van der Waals surface area contributed by atoms with Gasteiger partial charge in [-0.05, 0) is 18.1 Å². The molecule has 0 spiro atoms. The zero-order valence-corrected chi connectivity index (χ0v) is 11.1. The van der Waals surface area contributed by atoms with Gasteiger partial charge in [-0.15, -0.1) is 10.2 Å². The topological polar surface area (TPSA) is 63.0 Å². The molecule has 3 aromatic rings. The minimum atomic E-state index is -0.224. The van der Waals surface area contributed by atoms with Gasteiger partial charge in [-0.1, -0.05) is 36.0 Å². The molecule has 0 aliphatic carbocycles. The smallest absolute Gasteiger partial charge is 0.293 e. The highest BCUT2D eigenvalue weighted by molar-refractivity contribution is 7.98. The quantitative estimate of drug-likeness (QED) is 0.741. The van der Waals surface area contributed by atoms with Gasteiger partial charge in [-0.3, -0.25) is 9.20 Å². The van der Waals surface area contributed by atoms with Crippen molar-refractivity contribution in [3.63, 3.8) is 0 Å². The lowest BCUT2D eigenvalue weighted by Crippen LogP contribution is -2.08. The molecule has 19 heavy (non-hydrogen) atoms. The standard InChI is InChI=1S/C13H12N4OS/c1-9-4-2-3-5-10(9)8-19-13-16-15-11-12(18)14-6-7-17(11)13/h2-7H,8H2,1H3,(H,14,18). The van der Waals surface area contributed by atoms with Gasteiger partial charge in [0.15, 0.2) is 5.16 Å². The number of rotatable bonds is 3. The molecule has 0 atom stereocenters. The molecule has 0 aliphatic heterocycles. The van der Waals surface area contributed by atoms with Gasteiger partial charge in [0.2, 0.25) is 5.65 Å². The third kappa shape index (κ3) is 2.26. The van der Waals surface area contributed by atoms with Crippen LogP contribution in [0.5, 0.6) is 0 Å². The van der Waals surface area contributed by atoms with Crippen molar-refractivity contribution in [2.24, 2.45) is 0 Å². The Kier molecular flexibility index (Phi) is 3.08. The van der Waals surface area contributed by atoms with E-state index < -0.39 is 0 Å². The molecule has 0 saturated carbocycles. The molecule has 96 valence electrons. The van der Waals surface area contributed by atoms with Crippen molar-refractivity contribution in [3.05, 3.63) is 58.1 Å². The monoisotopic (exact) mass is 272 g/mol. The maximum atomic E-state index is 11.5. The number of hydrogen-bond donors (Lipinski definition) is 1. The number of aromatic amines is 1. The summed E-state index contributed by atoms with van der Waals surface area (Å²) in [4.78, 5) is 14.1. The fraction of sp³-hybridized carbons (Fsp3) is 0.154. The van der Waals surface area contributed by atoms with Gasteiger partial charge >= 0.3 is 0 Å². The lowest BCUT2D eigenvalue weighted by Gasteiger charge is -2.03. The first-order valence-corrected chi connectivity index (χ1v) is 6.84. The van der Waals surface area contributed by atoms with Crippen LogP contribution in [-0.4, -0.2) is 19.6 Å². The van der Waals surface area contributed by atoms with Crippen LogP contribution in [0.3, 0.4) is 0 Å². The summed E-state index contributed by atoms with van der Waals surface area (Å²) in [7, 11) is 0. The normalized spacial score (nSPS) is 11.0. The van der Waals surface area contributed by atoms with E-state index in [1.165, 1.54) is 11.1 Å². The number of fused-ring (bicyclic) bond motifs is 1. The van der Waals surface area contributed by atoms with Crippen LogP contribution in [0.4, 0.5) is 0 Å². The number of nitrogens with zero attached hydrogens (tertiary/aromatic N) is 3. The molecule has 0 radical (unpaired) electrons. The molecule has 0 amide bonds. The van der Waals surface area contributed by atoms with Crippen LogP contribution in [0.2, 0.25) is 0 Å². The molecule has 3 rings (SSSR count). The molecule has 0 unspecified atom stereocenters. The summed E-state index contributed by atoms with van der Waals surface area (Å²) >= 11 is 1.57. The highest BCUT2D eigenvalue weighted by atomic mass is 32.2. The largest absolute Gasteiger partial charge is 0.324 e. The maximum absolute atomic E-state index is 11.5. The van der Waals surface area contributed by atoms with Crippen LogP contribution in [0.15, 0.2) is 46.6 Å². The van der Waals surface area contributed by atoms with Crippen molar-refractivity contribution in [2.75, 3.05) is 0 Å². The van der Waals surface area contributed by atoms with Crippen molar-refractivity contribution in [1.29, 1.82) is 0 Å². The molecular formula is C13H12N4OS. The Bertz CT molecular complexity index is 777. The summed E-state index contributed by atoms with van der Waals surface area (Å²) in [6.07, 6.45) is 3.35. The minimum absolute atomic E-state index is 0.224. The van der Waals surface area contributed by atoms with Gasteiger partial charge in [0.05, 0.1) is 0 Å². The molecule has 0 fully saturated rings. The van der Waals surface area contributed by atoms with E-state index in [4.69, 9.17) is 0 Å². The second-order valence-electron chi connectivity index (χ2n) is 4.18. The SMILES string of the molecule is Cc1ccccc1CSc1nnc2c(=O)[nH]ccn12. The zero-order chi connectivity index (χ0) is 13.2. The van der Waals surface area contributed by atoms with Gasteiger partial charge in [-0.2, -0.15) is 0 Å². The van der Waals surface area contributed by atoms with Crippen LogP contribution in [0.1, 0.15) is 11.1 Å². The van der Waals surface area contributed by atoms with E-state index in [-0.39, 0.29) is 5.56 Å². The number of nitrogens with one attached hydrogen (secondary N) is 1. The van der Waals surface area contributed by atoms with Crippen molar-refractivity contribution in [2.45, 2.75) is 17.8 Å². The number of aromatic nitrogens is 4. The molecule has 1 aromatic carbocycles. The number of benzene rings is 1. The van der Waals surface area contributed by atoms with E-state index in [9.17, 15) is 4.79 Å². The van der Waals surface area contributed by atoms with Crippen LogP contribution in [0, 0.1) is 6.92 Å². The Hall–Kier alpha value is -2.08. The molecule has 6 heteroatoms. The highest BCUT2D eigenvalue weighted by Gasteiger charge is 2.08. The van der Waals surface area contributed by atoms with E-state index in [1.54, 1.807) is 28.6 Å². The molecule has 0 saturated heterocycles. The molecule has 0 bridgehead atoms. The Balaban J connectivity index is 1.89. The molecule has 2 heterocycles. The number of aryl methyl sites for hydroxylation is 1.